The molecule has 0 fully saturated rings. The van der Waals surface area contributed by atoms with Crippen molar-refractivity contribution >= 4 is 22.6 Å². The summed E-state index contributed by atoms with van der Waals surface area (Å²) in [5, 5.41) is 3.54. The molecule has 1 aromatic rings. The summed E-state index contributed by atoms with van der Waals surface area (Å²) < 4.78 is 38.7. The highest BCUT2D eigenvalue weighted by molar-refractivity contribution is 14.1. The van der Waals surface area contributed by atoms with Gasteiger partial charge in [-0.1, -0.05) is 0 Å². The van der Waals surface area contributed by atoms with E-state index in [1.165, 1.54) is 4.68 Å². The van der Waals surface area contributed by atoms with Crippen LogP contribution in [0.2, 0.25) is 0 Å². The molecule has 6 heteroatoms. The van der Waals surface area contributed by atoms with E-state index in [2.05, 4.69) is 5.10 Å². The van der Waals surface area contributed by atoms with Gasteiger partial charge in [0.1, 0.15) is 3.70 Å². The smallest absolute Gasteiger partial charge is 0.254 e. The van der Waals surface area contributed by atoms with E-state index >= 15 is 0 Å². The molecule has 80 valence electrons. The third-order valence-corrected chi connectivity index (χ3v) is 2.36. The zero-order valence-corrected chi connectivity index (χ0v) is 10.1. The highest BCUT2D eigenvalue weighted by Gasteiger charge is 2.35. The summed E-state index contributed by atoms with van der Waals surface area (Å²) in [6.07, 6.45) is -4.36. The normalized spacial score (nSPS) is 13.4. The van der Waals surface area contributed by atoms with Crippen LogP contribution in [0.15, 0.2) is 6.07 Å². The number of aromatic nitrogens is 2. The van der Waals surface area contributed by atoms with Crippen molar-refractivity contribution in [1.29, 1.82) is 0 Å². The molecule has 14 heavy (non-hydrogen) atoms. The molecule has 1 heterocycles. The van der Waals surface area contributed by atoms with Gasteiger partial charge in [-0.25, -0.2) is 0 Å². The average molecular weight is 318 g/mol. The van der Waals surface area contributed by atoms with Crippen LogP contribution in [-0.4, -0.2) is 9.78 Å². The SMILES string of the molecule is CC(C)(C)n1nc(C(F)(F)F)cc1I. The molecule has 0 bridgehead atoms. The van der Waals surface area contributed by atoms with Crippen molar-refractivity contribution in [1.82, 2.24) is 9.78 Å². The molecule has 0 aliphatic heterocycles. The van der Waals surface area contributed by atoms with Gasteiger partial charge in [-0.05, 0) is 43.4 Å². The van der Waals surface area contributed by atoms with Crippen molar-refractivity contribution in [2.75, 3.05) is 0 Å². The highest BCUT2D eigenvalue weighted by atomic mass is 127. The molecule has 0 saturated heterocycles. The van der Waals surface area contributed by atoms with Gasteiger partial charge in [-0.15, -0.1) is 0 Å². The van der Waals surface area contributed by atoms with Crippen LogP contribution in [0.25, 0.3) is 0 Å². The van der Waals surface area contributed by atoms with Crippen LogP contribution >= 0.6 is 22.6 Å². The van der Waals surface area contributed by atoms with Crippen LogP contribution < -0.4 is 0 Å². The van der Waals surface area contributed by atoms with Crippen LogP contribution in [0, 0.1) is 3.70 Å². The second kappa shape index (κ2) is 3.39. The topological polar surface area (TPSA) is 17.8 Å². The quantitative estimate of drug-likeness (QED) is 0.672. The summed E-state index contributed by atoms with van der Waals surface area (Å²) in [5.74, 6) is 0. The van der Waals surface area contributed by atoms with Crippen molar-refractivity contribution in [3.05, 3.63) is 15.5 Å². The number of rotatable bonds is 0. The number of halogens is 4. The minimum Gasteiger partial charge on any atom is -0.254 e. The Bertz CT molecular complexity index is 335. The maximum absolute atomic E-state index is 12.3. The van der Waals surface area contributed by atoms with Crippen molar-refractivity contribution in [2.24, 2.45) is 0 Å². The first-order valence-corrected chi connectivity index (χ1v) is 5.03. The fourth-order valence-electron chi connectivity index (χ4n) is 0.967. The second-order valence-corrected chi connectivity index (χ2v) is 5.04. The Morgan fingerprint density at radius 1 is 1.29 bits per heavy atom. The zero-order chi connectivity index (χ0) is 11.1. The van der Waals surface area contributed by atoms with E-state index in [1.54, 1.807) is 0 Å². The van der Waals surface area contributed by atoms with E-state index in [4.69, 9.17) is 0 Å². The molecule has 1 aromatic heterocycles. The van der Waals surface area contributed by atoms with Crippen LogP contribution in [0.3, 0.4) is 0 Å². The molecule has 1 rings (SSSR count). The summed E-state index contributed by atoms with van der Waals surface area (Å²) in [5.41, 5.74) is -1.27. The van der Waals surface area contributed by atoms with E-state index < -0.39 is 17.4 Å². The van der Waals surface area contributed by atoms with E-state index in [9.17, 15) is 13.2 Å². The van der Waals surface area contributed by atoms with E-state index in [0.29, 0.717) is 3.70 Å². The lowest BCUT2D eigenvalue weighted by atomic mass is 10.1. The first kappa shape index (κ1) is 11.8. The minimum absolute atomic E-state index is 0.431. The minimum atomic E-state index is -4.36. The summed E-state index contributed by atoms with van der Waals surface area (Å²) >= 11 is 1.85. The maximum atomic E-state index is 12.3. The lowest BCUT2D eigenvalue weighted by Gasteiger charge is -2.20. The summed E-state index contributed by atoms with van der Waals surface area (Å²) in [4.78, 5) is 0. The Morgan fingerprint density at radius 2 is 1.79 bits per heavy atom. The molecular weight excluding hydrogens is 308 g/mol. The van der Waals surface area contributed by atoms with Gasteiger partial charge in [0.05, 0.1) is 5.54 Å². The largest absolute Gasteiger partial charge is 0.435 e. The molecular formula is C8H10F3IN2. The molecule has 0 spiro atoms. The summed E-state index contributed by atoms with van der Waals surface area (Å²) in [7, 11) is 0. The molecule has 0 amide bonds. The molecule has 0 unspecified atom stereocenters. The number of hydrogen-bond donors (Lipinski definition) is 0. The fourth-order valence-corrected chi connectivity index (χ4v) is 2.09. The number of alkyl halides is 3. The maximum Gasteiger partial charge on any atom is 0.435 e. The number of hydrogen-bond acceptors (Lipinski definition) is 1. The molecule has 0 aliphatic carbocycles. The monoisotopic (exact) mass is 318 g/mol. The standard InChI is InChI=1S/C8H10F3IN2/c1-7(2,3)14-6(12)4-5(13-14)8(9,10)11/h4H,1-3H3. The van der Waals surface area contributed by atoms with E-state index in [-0.39, 0.29) is 0 Å². The Kier molecular flexibility index (Phi) is 2.86. The lowest BCUT2D eigenvalue weighted by molar-refractivity contribution is -0.141. The third kappa shape index (κ3) is 2.40. The van der Waals surface area contributed by atoms with Gasteiger partial charge in [-0.3, -0.25) is 4.68 Å². The molecule has 0 saturated carbocycles. The van der Waals surface area contributed by atoms with Crippen molar-refractivity contribution in [3.63, 3.8) is 0 Å². The van der Waals surface area contributed by atoms with Gasteiger partial charge in [0, 0.05) is 6.07 Å². The predicted octanol–water partition coefficient (Wildman–Crippen LogP) is 3.26. The average Bonchev–Trinajstić information content (AvgIpc) is 2.27. The Labute approximate surface area is 93.6 Å². The summed E-state index contributed by atoms with van der Waals surface area (Å²) in [6.45, 7) is 5.42. The molecule has 0 N–H and O–H groups in total. The van der Waals surface area contributed by atoms with E-state index in [0.717, 1.165) is 6.07 Å². The molecule has 0 aliphatic rings. The van der Waals surface area contributed by atoms with E-state index in [1.807, 2.05) is 43.4 Å². The lowest BCUT2D eigenvalue weighted by Crippen LogP contribution is -2.25. The Balaban J connectivity index is 3.19. The van der Waals surface area contributed by atoms with Crippen LogP contribution in [0.5, 0.6) is 0 Å². The van der Waals surface area contributed by atoms with Crippen molar-refractivity contribution in [3.8, 4) is 0 Å². The van der Waals surface area contributed by atoms with Crippen molar-refractivity contribution in [2.45, 2.75) is 32.5 Å². The molecule has 0 atom stereocenters. The van der Waals surface area contributed by atoms with Gasteiger partial charge in [0.2, 0.25) is 0 Å². The van der Waals surface area contributed by atoms with Gasteiger partial charge < -0.3 is 0 Å². The van der Waals surface area contributed by atoms with Gasteiger partial charge in [0.25, 0.3) is 0 Å². The summed E-state index contributed by atoms with van der Waals surface area (Å²) in [6, 6.07) is 1.05. The van der Waals surface area contributed by atoms with Crippen LogP contribution in [-0.2, 0) is 11.7 Å². The van der Waals surface area contributed by atoms with Crippen LogP contribution in [0.4, 0.5) is 13.2 Å². The molecule has 0 aromatic carbocycles. The predicted molar refractivity (Wildman–Crippen MR) is 54.9 cm³/mol. The van der Waals surface area contributed by atoms with Gasteiger partial charge >= 0.3 is 6.18 Å². The Hall–Kier alpha value is -0.270. The van der Waals surface area contributed by atoms with Gasteiger partial charge in [0.15, 0.2) is 5.69 Å². The van der Waals surface area contributed by atoms with Gasteiger partial charge in [-0.2, -0.15) is 18.3 Å². The first-order chi connectivity index (χ1) is 6.12. The van der Waals surface area contributed by atoms with Crippen LogP contribution in [0.1, 0.15) is 26.5 Å². The fraction of sp³-hybridized carbons (Fsp3) is 0.625. The van der Waals surface area contributed by atoms with Crippen molar-refractivity contribution < 1.29 is 13.2 Å². The zero-order valence-electron chi connectivity index (χ0n) is 7.98. The third-order valence-electron chi connectivity index (χ3n) is 1.59. The number of nitrogens with zero attached hydrogens (tertiary/aromatic N) is 2. The highest BCUT2D eigenvalue weighted by Crippen LogP contribution is 2.30. The first-order valence-electron chi connectivity index (χ1n) is 3.95. The Morgan fingerprint density at radius 3 is 2.00 bits per heavy atom. The second-order valence-electron chi connectivity index (χ2n) is 3.93. The molecule has 0 radical (unpaired) electrons. The molecule has 2 nitrogen and oxygen atoms in total.